The van der Waals surface area contributed by atoms with Crippen molar-refractivity contribution in [2.75, 3.05) is 20.0 Å². The Balaban J connectivity index is 4.00. The fourth-order valence-electron chi connectivity index (χ4n) is 1.21. The smallest absolute Gasteiger partial charge is 0.192 e. The van der Waals surface area contributed by atoms with Crippen molar-refractivity contribution in [3.63, 3.8) is 0 Å². The zero-order chi connectivity index (χ0) is 16.7. The van der Waals surface area contributed by atoms with Gasteiger partial charge in [0.15, 0.2) is 14.6 Å². The van der Waals surface area contributed by atoms with Gasteiger partial charge in [0.25, 0.3) is 0 Å². The second kappa shape index (κ2) is 8.57. The summed E-state index contributed by atoms with van der Waals surface area (Å²) in [4.78, 5) is 11.1. The van der Waals surface area contributed by atoms with Crippen LogP contribution in [0.25, 0.3) is 0 Å². The average Bonchev–Trinajstić information content (AvgIpc) is 2.29. The van der Waals surface area contributed by atoms with Crippen molar-refractivity contribution in [1.82, 2.24) is 0 Å². The summed E-state index contributed by atoms with van der Waals surface area (Å²) in [7, 11) is -2.91. The lowest BCUT2D eigenvalue weighted by molar-refractivity contribution is -0.133. The van der Waals surface area contributed by atoms with Gasteiger partial charge in [0, 0.05) is 14.7 Å². The van der Waals surface area contributed by atoms with Gasteiger partial charge in [-0.3, -0.25) is 0 Å². The van der Waals surface area contributed by atoms with E-state index in [1.165, 1.54) is 0 Å². The van der Waals surface area contributed by atoms with Gasteiger partial charge >= 0.3 is 0 Å². The minimum Gasteiger partial charge on any atom is -0.414 e. The Bertz CT molecular complexity index is 306. The number of aldehydes is 1. The number of rotatable bonds is 10. The number of carbonyl (C=O) groups is 1. The molecule has 0 aliphatic heterocycles. The normalized spacial score (nSPS) is 15.0. The molecule has 4 nitrogen and oxygen atoms in total. The summed E-state index contributed by atoms with van der Waals surface area (Å²) in [6.45, 7) is 18.9. The molecule has 0 radical (unpaired) electrons. The van der Waals surface area contributed by atoms with Crippen LogP contribution in [0.5, 0.6) is 0 Å². The van der Waals surface area contributed by atoms with E-state index in [0.29, 0.717) is 13.2 Å². The quantitative estimate of drug-likeness (QED) is 0.263. The number of ether oxygens (including phenoxy) is 2. The first-order valence-electron chi connectivity index (χ1n) is 7.68. The highest BCUT2D eigenvalue weighted by atomic mass is 28.4. The zero-order valence-corrected chi connectivity index (χ0v) is 17.1. The minimum atomic E-state index is -1.84. The third-order valence-electron chi connectivity index (χ3n) is 3.93. The molecule has 21 heavy (non-hydrogen) atoms. The van der Waals surface area contributed by atoms with Crippen molar-refractivity contribution < 1.29 is 18.7 Å². The third kappa shape index (κ3) is 9.57. The van der Waals surface area contributed by atoms with Crippen LogP contribution in [0.15, 0.2) is 0 Å². The third-order valence-corrected chi connectivity index (χ3v) is 10.1. The van der Waals surface area contributed by atoms with Crippen LogP contribution >= 0.6 is 0 Å². The number of carbonyl (C=O) groups excluding carboxylic acids is 1. The molecule has 0 aromatic rings. The lowest BCUT2D eigenvalue weighted by Crippen LogP contribution is -2.43. The summed E-state index contributed by atoms with van der Waals surface area (Å²) in [6, 6.07) is 1.10. The van der Waals surface area contributed by atoms with Gasteiger partial charge in [-0.15, -0.1) is 0 Å². The van der Waals surface area contributed by atoms with E-state index >= 15 is 0 Å². The van der Waals surface area contributed by atoms with E-state index < -0.39 is 22.5 Å². The molecule has 126 valence electrons. The molecule has 0 aromatic carbocycles. The second-order valence-electron chi connectivity index (χ2n) is 8.25. The van der Waals surface area contributed by atoms with Gasteiger partial charge in [-0.25, -0.2) is 0 Å². The average molecular weight is 335 g/mol. The fraction of sp³-hybridized carbons (Fsp3) is 0.933. The minimum absolute atomic E-state index is 0.133. The summed E-state index contributed by atoms with van der Waals surface area (Å²) in [5.41, 5.74) is 0. The van der Waals surface area contributed by atoms with Crippen molar-refractivity contribution in [1.29, 1.82) is 0 Å². The van der Waals surface area contributed by atoms with Gasteiger partial charge < -0.3 is 18.7 Å². The Morgan fingerprint density at radius 2 is 1.67 bits per heavy atom. The van der Waals surface area contributed by atoms with Gasteiger partial charge in [-0.05, 0) is 24.2 Å². The standard InChI is InChI=1S/C15H34O4Si2/c1-15(2,3)21(7,8)19-12-14(11-16)18-13-17-9-10-20(4,5)6/h11,14H,9-10,12-13H2,1-8H3/t14-/m0/s1. The van der Waals surface area contributed by atoms with Gasteiger partial charge in [0.2, 0.25) is 0 Å². The van der Waals surface area contributed by atoms with Gasteiger partial charge in [0.05, 0.1) is 6.61 Å². The van der Waals surface area contributed by atoms with Crippen LogP contribution in [0, 0.1) is 0 Å². The Labute approximate surface area is 132 Å². The molecular weight excluding hydrogens is 300 g/mol. The number of hydrogen-bond acceptors (Lipinski definition) is 4. The summed E-state index contributed by atoms with van der Waals surface area (Å²) < 4.78 is 16.9. The SMILES string of the molecule is CC(C)(C)[Si](C)(C)OC[C@H](C=O)OCOCC[Si](C)(C)C. The molecular formula is C15H34O4Si2. The molecule has 0 saturated heterocycles. The summed E-state index contributed by atoms with van der Waals surface area (Å²) in [5.74, 6) is 0. The first kappa shape index (κ1) is 21.0. The van der Waals surface area contributed by atoms with E-state index in [4.69, 9.17) is 13.9 Å². The van der Waals surface area contributed by atoms with E-state index in [2.05, 4.69) is 53.5 Å². The molecule has 0 aromatic heterocycles. The van der Waals surface area contributed by atoms with E-state index in [1.807, 2.05) is 0 Å². The van der Waals surface area contributed by atoms with Crippen molar-refractivity contribution in [2.24, 2.45) is 0 Å². The summed E-state index contributed by atoms with van der Waals surface area (Å²) >= 11 is 0. The first-order chi connectivity index (χ1) is 9.39. The van der Waals surface area contributed by atoms with Crippen LogP contribution in [0.2, 0.25) is 43.8 Å². The molecule has 0 saturated carbocycles. The molecule has 0 unspecified atom stereocenters. The summed E-state index contributed by atoms with van der Waals surface area (Å²) in [5, 5.41) is 0.133. The van der Waals surface area contributed by atoms with E-state index in [9.17, 15) is 4.79 Å². The highest BCUT2D eigenvalue weighted by Crippen LogP contribution is 2.36. The largest absolute Gasteiger partial charge is 0.414 e. The van der Waals surface area contributed by atoms with Crippen LogP contribution in [-0.2, 0) is 18.7 Å². The van der Waals surface area contributed by atoms with Crippen LogP contribution in [0.3, 0.4) is 0 Å². The molecule has 6 heteroatoms. The van der Waals surface area contributed by atoms with Crippen LogP contribution in [0.4, 0.5) is 0 Å². The maximum Gasteiger partial charge on any atom is 0.192 e. The first-order valence-corrected chi connectivity index (χ1v) is 14.3. The Morgan fingerprint density at radius 3 is 2.10 bits per heavy atom. The Kier molecular flexibility index (Phi) is 8.57. The molecule has 0 bridgehead atoms. The maximum absolute atomic E-state index is 11.1. The molecule has 0 N–H and O–H groups in total. The van der Waals surface area contributed by atoms with Crippen molar-refractivity contribution in [3.05, 3.63) is 0 Å². The van der Waals surface area contributed by atoms with Crippen LogP contribution in [-0.4, -0.2) is 48.8 Å². The molecule has 0 heterocycles. The van der Waals surface area contributed by atoms with Crippen LogP contribution < -0.4 is 0 Å². The molecule has 0 rings (SSSR count). The second-order valence-corrected chi connectivity index (χ2v) is 18.7. The van der Waals surface area contributed by atoms with Crippen LogP contribution in [0.1, 0.15) is 20.8 Å². The molecule has 0 aliphatic carbocycles. The monoisotopic (exact) mass is 334 g/mol. The van der Waals surface area contributed by atoms with Crippen molar-refractivity contribution in [2.45, 2.75) is 70.7 Å². The molecule has 0 amide bonds. The molecule has 0 aliphatic rings. The predicted octanol–water partition coefficient (Wildman–Crippen LogP) is 3.90. The summed E-state index contributed by atoms with van der Waals surface area (Å²) in [6.07, 6.45) is 0.264. The van der Waals surface area contributed by atoms with Gasteiger partial charge in [-0.2, -0.15) is 0 Å². The maximum atomic E-state index is 11.1. The van der Waals surface area contributed by atoms with E-state index in [0.717, 1.165) is 12.3 Å². The Morgan fingerprint density at radius 1 is 1.10 bits per heavy atom. The van der Waals surface area contributed by atoms with Gasteiger partial charge in [0.1, 0.15) is 12.9 Å². The number of hydrogen-bond donors (Lipinski definition) is 0. The molecule has 0 spiro atoms. The van der Waals surface area contributed by atoms with E-state index in [1.54, 1.807) is 0 Å². The topological polar surface area (TPSA) is 44.8 Å². The van der Waals surface area contributed by atoms with Crippen molar-refractivity contribution in [3.8, 4) is 0 Å². The lowest BCUT2D eigenvalue weighted by Gasteiger charge is -2.36. The highest BCUT2D eigenvalue weighted by molar-refractivity contribution is 6.76. The highest BCUT2D eigenvalue weighted by Gasteiger charge is 2.37. The fourth-order valence-corrected chi connectivity index (χ4v) is 2.98. The van der Waals surface area contributed by atoms with Crippen molar-refractivity contribution >= 4 is 22.7 Å². The van der Waals surface area contributed by atoms with E-state index in [-0.39, 0.29) is 11.8 Å². The zero-order valence-electron chi connectivity index (χ0n) is 15.1. The lowest BCUT2D eigenvalue weighted by atomic mass is 10.2. The predicted molar refractivity (Wildman–Crippen MR) is 93.1 cm³/mol. The molecule has 1 atom stereocenters. The van der Waals surface area contributed by atoms with Gasteiger partial charge in [-0.1, -0.05) is 40.4 Å². The molecule has 0 fully saturated rings. The Hall–Kier alpha value is -0.0162.